The molecule has 0 aliphatic heterocycles. The molecule has 0 amide bonds. The van der Waals surface area contributed by atoms with Crippen LogP contribution in [0.4, 0.5) is 0 Å². The lowest BCUT2D eigenvalue weighted by Crippen LogP contribution is -2.38. The van der Waals surface area contributed by atoms with Crippen molar-refractivity contribution in [2.24, 2.45) is 5.16 Å². The van der Waals surface area contributed by atoms with Crippen molar-refractivity contribution >= 4 is 5.71 Å². The Morgan fingerprint density at radius 1 is 1.15 bits per heavy atom. The molecular weight excluding hydrogens is 342 g/mol. The van der Waals surface area contributed by atoms with Crippen LogP contribution in [0.3, 0.4) is 0 Å². The largest absolute Gasteiger partial charge is 0.490 e. The molecule has 0 bridgehead atoms. The van der Waals surface area contributed by atoms with Crippen LogP contribution < -0.4 is 9.47 Å². The van der Waals surface area contributed by atoms with Gasteiger partial charge in [0, 0.05) is 0 Å². The Kier molecular flexibility index (Phi) is 8.65. The van der Waals surface area contributed by atoms with Gasteiger partial charge in [-0.3, -0.25) is 0 Å². The Labute approximate surface area is 163 Å². The molecule has 0 radical (unpaired) electrons. The van der Waals surface area contributed by atoms with E-state index in [0.29, 0.717) is 13.2 Å². The topological polar surface area (TPSA) is 49.3 Å². The lowest BCUT2D eigenvalue weighted by Gasteiger charge is -2.32. The number of oxime groups is 1. The van der Waals surface area contributed by atoms with Crippen LogP contribution in [0, 0.1) is 13.8 Å². The number of nitrogens with zero attached hydrogens (tertiary/aromatic N) is 1. The van der Waals surface area contributed by atoms with Crippen LogP contribution in [-0.2, 0) is 9.57 Å². The maximum absolute atomic E-state index is 6.44. The number of allylic oxidation sites excluding steroid dienone is 1. The van der Waals surface area contributed by atoms with Crippen molar-refractivity contribution in [1.82, 2.24) is 0 Å². The Bertz CT molecular complexity index is 631. The molecule has 1 aromatic carbocycles. The summed E-state index contributed by atoms with van der Waals surface area (Å²) in [7, 11) is 1.55. The fourth-order valence-corrected chi connectivity index (χ4v) is 3.37. The summed E-state index contributed by atoms with van der Waals surface area (Å²) in [5, 5.41) is 3.92. The summed E-state index contributed by atoms with van der Waals surface area (Å²) in [4.78, 5) is 4.80. The van der Waals surface area contributed by atoms with Gasteiger partial charge >= 0.3 is 0 Å². The first-order chi connectivity index (χ1) is 13.0. The van der Waals surface area contributed by atoms with E-state index in [1.54, 1.807) is 7.11 Å². The molecule has 1 aromatic rings. The molecule has 0 heterocycles. The standard InChI is InChI=1S/C22H33NO4/c1-6-7-12-25-19-13-16(2)22(17(3)14-19)27-21-11-9-8-10-20(21)26-15-18(4)23-24-5/h6-7,13-14,20-21H,8-12,15H2,1-5H3/b7-6+,23-18?. The third-order valence-corrected chi connectivity index (χ3v) is 4.68. The van der Waals surface area contributed by atoms with Gasteiger partial charge in [0.2, 0.25) is 0 Å². The van der Waals surface area contributed by atoms with Crippen molar-refractivity contribution in [3.05, 3.63) is 35.4 Å². The molecule has 0 aromatic heterocycles. The molecule has 1 aliphatic rings. The number of hydrogen-bond donors (Lipinski definition) is 0. The second-order valence-corrected chi connectivity index (χ2v) is 7.07. The number of benzene rings is 1. The Balaban J connectivity index is 2.05. The van der Waals surface area contributed by atoms with Gasteiger partial charge in [-0.15, -0.1) is 0 Å². The Hall–Kier alpha value is -2.01. The summed E-state index contributed by atoms with van der Waals surface area (Å²) in [6.07, 6.45) is 8.45. The lowest BCUT2D eigenvalue weighted by atomic mass is 9.94. The Morgan fingerprint density at radius 2 is 1.81 bits per heavy atom. The monoisotopic (exact) mass is 375 g/mol. The van der Waals surface area contributed by atoms with Gasteiger partial charge in [-0.2, -0.15) is 0 Å². The van der Waals surface area contributed by atoms with Crippen molar-refractivity contribution in [3.63, 3.8) is 0 Å². The van der Waals surface area contributed by atoms with Crippen LogP contribution >= 0.6 is 0 Å². The van der Waals surface area contributed by atoms with Crippen LogP contribution in [0.5, 0.6) is 11.5 Å². The van der Waals surface area contributed by atoms with Crippen LogP contribution in [0.15, 0.2) is 29.4 Å². The zero-order valence-electron chi connectivity index (χ0n) is 17.3. The molecule has 0 saturated heterocycles. The molecule has 2 unspecified atom stereocenters. The first-order valence-corrected chi connectivity index (χ1v) is 9.75. The molecule has 1 saturated carbocycles. The number of rotatable bonds is 9. The van der Waals surface area contributed by atoms with Crippen molar-refractivity contribution in [2.45, 2.75) is 65.6 Å². The van der Waals surface area contributed by atoms with E-state index in [0.717, 1.165) is 47.6 Å². The second kappa shape index (κ2) is 11.0. The Morgan fingerprint density at radius 3 is 2.44 bits per heavy atom. The highest BCUT2D eigenvalue weighted by Gasteiger charge is 2.28. The first-order valence-electron chi connectivity index (χ1n) is 9.75. The van der Waals surface area contributed by atoms with E-state index in [2.05, 4.69) is 19.0 Å². The molecule has 1 fully saturated rings. The molecule has 5 nitrogen and oxygen atoms in total. The van der Waals surface area contributed by atoms with Gasteiger partial charge in [0.25, 0.3) is 0 Å². The minimum Gasteiger partial charge on any atom is -0.490 e. The average molecular weight is 376 g/mol. The van der Waals surface area contributed by atoms with Crippen molar-refractivity contribution in [3.8, 4) is 11.5 Å². The van der Waals surface area contributed by atoms with E-state index >= 15 is 0 Å². The van der Waals surface area contributed by atoms with Crippen molar-refractivity contribution in [2.75, 3.05) is 20.3 Å². The quantitative estimate of drug-likeness (QED) is 0.347. The molecule has 5 heteroatoms. The fraction of sp³-hybridized carbons (Fsp3) is 0.591. The van der Waals surface area contributed by atoms with Gasteiger partial charge in [-0.1, -0.05) is 23.7 Å². The number of aryl methyl sites for hydroxylation is 2. The SMILES string of the molecule is C/C=C/COc1cc(C)c(OC2CCCCC2OCC(C)=NOC)c(C)c1. The highest BCUT2D eigenvalue weighted by atomic mass is 16.6. The molecular formula is C22H33NO4. The molecule has 2 rings (SSSR count). The normalized spacial score (nSPS) is 20.7. The van der Waals surface area contributed by atoms with Gasteiger partial charge in [0.1, 0.15) is 31.3 Å². The average Bonchev–Trinajstić information content (AvgIpc) is 2.64. The molecule has 0 N–H and O–H groups in total. The van der Waals surface area contributed by atoms with E-state index in [1.165, 1.54) is 6.42 Å². The molecule has 27 heavy (non-hydrogen) atoms. The van der Waals surface area contributed by atoms with Gasteiger partial charge < -0.3 is 19.0 Å². The predicted molar refractivity (Wildman–Crippen MR) is 109 cm³/mol. The molecule has 0 spiro atoms. The summed E-state index contributed by atoms with van der Waals surface area (Å²) in [5.74, 6) is 1.81. The van der Waals surface area contributed by atoms with Gasteiger partial charge in [-0.05, 0) is 70.2 Å². The predicted octanol–water partition coefficient (Wildman–Crippen LogP) is 4.99. The third kappa shape index (κ3) is 6.58. The van der Waals surface area contributed by atoms with Crippen LogP contribution in [-0.4, -0.2) is 38.2 Å². The summed E-state index contributed by atoms with van der Waals surface area (Å²) >= 11 is 0. The zero-order chi connectivity index (χ0) is 19.6. The van der Waals surface area contributed by atoms with Gasteiger partial charge in [-0.25, -0.2) is 0 Å². The zero-order valence-corrected chi connectivity index (χ0v) is 17.3. The van der Waals surface area contributed by atoms with E-state index in [-0.39, 0.29) is 12.2 Å². The second-order valence-electron chi connectivity index (χ2n) is 7.07. The summed E-state index contributed by atoms with van der Waals surface area (Å²) in [5.41, 5.74) is 3.01. The van der Waals surface area contributed by atoms with Crippen LogP contribution in [0.2, 0.25) is 0 Å². The van der Waals surface area contributed by atoms with Crippen LogP contribution in [0.25, 0.3) is 0 Å². The minimum absolute atomic E-state index is 0.0567. The fourth-order valence-electron chi connectivity index (χ4n) is 3.37. The smallest absolute Gasteiger partial charge is 0.125 e. The van der Waals surface area contributed by atoms with E-state index in [4.69, 9.17) is 19.0 Å². The number of ether oxygens (including phenoxy) is 3. The molecule has 150 valence electrons. The highest BCUT2D eigenvalue weighted by Crippen LogP contribution is 2.33. The summed E-state index contributed by atoms with van der Waals surface area (Å²) in [6.45, 7) is 9.08. The lowest BCUT2D eigenvalue weighted by molar-refractivity contribution is -0.0344. The van der Waals surface area contributed by atoms with Crippen LogP contribution in [0.1, 0.15) is 50.7 Å². The van der Waals surface area contributed by atoms with E-state index in [1.807, 2.05) is 38.1 Å². The maximum atomic E-state index is 6.44. The first kappa shape index (κ1) is 21.3. The molecule has 2 atom stereocenters. The van der Waals surface area contributed by atoms with Crippen molar-refractivity contribution in [1.29, 1.82) is 0 Å². The van der Waals surface area contributed by atoms with E-state index in [9.17, 15) is 0 Å². The summed E-state index contributed by atoms with van der Waals surface area (Å²) in [6, 6.07) is 4.08. The number of hydrogen-bond acceptors (Lipinski definition) is 5. The minimum atomic E-state index is 0.0567. The highest BCUT2D eigenvalue weighted by molar-refractivity contribution is 5.82. The molecule has 1 aliphatic carbocycles. The maximum Gasteiger partial charge on any atom is 0.125 e. The summed E-state index contributed by atoms with van der Waals surface area (Å²) < 4.78 is 18.3. The van der Waals surface area contributed by atoms with E-state index < -0.39 is 0 Å². The van der Waals surface area contributed by atoms with Crippen molar-refractivity contribution < 1.29 is 19.0 Å². The van der Waals surface area contributed by atoms with Gasteiger partial charge in [0.15, 0.2) is 0 Å². The van der Waals surface area contributed by atoms with Gasteiger partial charge in [0.05, 0.1) is 18.4 Å². The third-order valence-electron chi connectivity index (χ3n) is 4.68.